The van der Waals surface area contributed by atoms with Crippen LogP contribution in [0.4, 0.5) is 18.9 Å². The molecule has 0 bridgehead atoms. The predicted octanol–water partition coefficient (Wildman–Crippen LogP) is 3.18. The molecular formula is C16H18ClF3N2O3. The number of methoxy groups -OCH3 is 1. The largest absolute Gasteiger partial charge is 0.416 e. The lowest BCUT2D eigenvalue weighted by Crippen LogP contribution is -2.29. The van der Waals surface area contributed by atoms with E-state index in [1.165, 1.54) is 0 Å². The minimum absolute atomic E-state index is 0.00243. The van der Waals surface area contributed by atoms with Crippen LogP contribution in [0.15, 0.2) is 18.2 Å². The Balaban J connectivity index is 2.02. The summed E-state index contributed by atoms with van der Waals surface area (Å²) in [7, 11) is 1.56. The molecule has 0 saturated carbocycles. The molecule has 1 saturated heterocycles. The summed E-state index contributed by atoms with van der Waals surface area (Å²) in [4.78, 5) is 25.8. The van der Waals surface area contributed by atoms with Crippen molar-refractivity contribution in [2.24, 2.45) is 5.92 Å². The highest BCUT2D eigenvalue weighted by Gasteiger charge is 2.35. The molecule has 25 heavy (non-hydrogen) atoms. The Morgan fingerprint density at radius 1 is 1.44 bits per heavy atom. The highest BCUT2D eigenvalue weighted by atomic mass is 35.5. The van der Waals surface area contributed by atoms with E-state index in [1.54, 1.807) is 12.0 Å². The van der Waals surface area contributed by atoms with Gasteiger partial charge in [-0.1, -0.05) is 11.6 Å². The molecule has 9 heteroatoms. The van der Waals surface area contributed by atoms with Crippen LogP contribution < -0.4 is 5.32 Å². The third-order valence-electron chi connectivity index (χ3n) is 3.91. The Morgan fingerprint density at radius 2 is 2.16 bits per heavy atom. The Bertz CT molecular complexity index is 652. The SMILES string of the molecule is COCCCN1CC(C(=O)Nc2cc(C(F)(F)F)ccc2Cl)CC1=O. The number of nitrogens with one attached hydrogen (secondary N) is 1. The second-order valence-electron chi connectivity index (χ2n) is 5.77. The smallest absolute Gasteiger partial charge is 0.385 e. The zero-order chi connectivity index (χ0) is 18.6. The van der Waals surface area contributed by atoms with Crippen molar-refractivity contribution in [1.29, 1.82) is 0 Å². The molecule has 0 spiro atoms. The van der Waals surface area contributed by atoms with Crippen LogP contribution in [0.5, 0.6) is 0 Å². The molecule has 1 heterocycles. The van der Waals surface area contributed by atoms with Crippen molar-refractivity contribution in [3.8, 4) is 0 Å². The molecule has 1 aromatic carbocycles. The summed E-state index contributed by atoms with van der Waals surface area (Å²) in [6, 6.07) is 2.71. The molecule has 138 valence electrons. The number of ether oxygens (including phenoxy) is 1. The molecule has 1 atom stereocenters. The van der Waals surface area contributed by atoms with Crippen LogP contribution in [0.25, 0.3) is 0 Å². The maximum atomic E-state index is 12.8. The van der Waals surface area contributed by atoms with E-state index < -0.39 is 23.6 Å². The minimum atomic E-state index is -4.54. The summed E-state index contributed by atoms with van der Waals surface area (Å²) in [5.74, 6) is -1.31. The fourth-order valence-corrected chi connectivity index (χ4v) is 2.76. The average molecular weight is 379 g/mol. The molecule has 1 aromatic rings. The van der Waals surface area contributed by atoms with Gasteiger partial charge in [-0.15, -0.1) is 0 Å². The normalized spacial score (nSPS) is 17.9. The van der Waals surface area contributed by atoms with Gasteiger partial charge in [0.1, 0.15) is 0 Å². The van der Waals surface area contributed by atoms with Crippen LogP contribution in [0.1, 0.15) is 18.4 Å². The number of likely N-dealkylation sites (tertiary alicyclic amines) is 1. The summed E-state index contributed by atoms with van der Waals surface area (Å²) in [5.41, 5.74) is -1.03. The molecule has 1 fully saturated rings. The van der Waals surface area contributed by atoms with Crippen LogP contribution in [-0.2, 0) is 20.5 Å². The maximum absolute atomic E-state index is 12.8. The molecule has 0 aromatic heterocycles. The lowest BCUT2D eigenvalue weighted by molar-refractivity contribution is -0.137. The molecule has 0 radical (unpaired) electrons. The van der Waals surface area contributed by atoms with Crippen LogP contribution in [0.3, 0.4) is 0 Å². The van der Waals surface area contributed by atoms with Gasteiger partial charge in [-0.05, 0) is 24.6 Å². The molecule has 1 unspecified atom stereocenters. The van der Waals surface area contributed by atoms with Gasteiger partial charge in [0.05, 0.1) is 22.2 Å². The van der Waals surface area contributed by atoms with E-state index in [4.69, 9.17) is 16.3 Å². The third kappa shape index (κ3) is 5.09. The molecular weight excluding hydrogens is 361 g/mol. The van der Waals surface area contributed by atoms with Crippen LogP contribution in [0, 0.1) is 5.92 Å². The number of nitrogens with zero attached hydrogens (tertiary/aromatic N) is 1. The van der Waals surface area contributed by atoms with Gasteiger partial charge < -0.3 is 15.0 Å². The van der Waals surface area contributed by atoms with Gasteiger partial charge in [0.25, 0.3) is 0 Å². The van der Waals surface area contributed by atoms with Crippen molar-refractivity contribution in [3.05, 3.63) is 28.8 Å². The third-order valence-corrected chi connectivity index (χ3v) is 4.24. The summed E-state index contributed by atoms with van der Waals surface area (Å²) >= 11 is 5.87. The van der Waals surface area contributed by atoms with E-state index in [1.807, 2.05) is 0 Å². The zero-order valence-corrected chi connectivity index (χ0v) is 14.3. The molecule has 1 N–H and O–H groups in total. The first kappa shape index (κ1) is 19.5. The van der Waals surface area contributed by atoms with Gasteiger partial charge in [-0.25, -0.2) is 0 Å². The van der Waals surface area contributed by atoms with Gasteiger partial charge >= 0.3 is 6.18 Å². The van der Waals surface area contributed by atoms with Crippen LogP contribution in [-0.4, -0.2) is 43.5 Å². The number of rotatable bonds is 6. The Hall–Kier alpha value is -1.80. The van der Waals surface area contributed by atoms with Gasteiger partial charge in [0.2, 0.25) is 11.8 Å². The monoisotopic (exact) mass is 378 g/mol. The topological polar surface area (TPSA) is 58.6 Å². The van der Waals surface area contributed by atoms with Crippen molar-refractivity contribution >= 4 is 29.1 Å². The molecule has 5 nitrogen and oxygen atoms in total. The second kappa shape index (κ2) is 8.05. The molecule has 0 aliphatic carbocycles. The predicted molar refractivity (Wildman–Crippen MR) is 86.3 cm³/mol. The Kier molecular flexibility index (Phi) is 6.29. The summed E-state index contributed by atoms with van der Waals surface area (Å²) in [5, 5.41) is 2.40. The summed E-state index contributed by atoms with van der Waals surface area (Å²) in [6.45, 7) is 1.20. The van der Waals surface area contributed by atoms with E-state index >= 15 is 0 Å². The van der Waals surface area contributed by atoms with Crippen LogP contribution in [0.2, 0.25) is 5.02 Å². The number of anilines is 1. The maximum Gasteiger partial charge on any atom is 0.416 e. The first-order chi connectivity index (χ1) is 11.7. The number of hydrogen-bond acceptors (Lipinski definition) is 3. The highest BCUT2D eigenvalue weighted by Crippen LogP contribution is 2.34. The number of amides is 2. The van der Waals surface area contributed by atoms with E-state index in [0.717, 1.165) is 18.2 Å². The van der Waals surface area contributed by atoms with E-state index in [9.17, 15) is 22.8 Å². The first-order valence-corrected chi connectivity index (χ1v) is 8.04. The van der Waals surface area contributed by atoms with Crippen molar-refractivity contribution in [2.45, 2.75) is 19.0 Å². The van der Waals surface area contributed by atoms with Crippen LogP contribution >= 0.6 is 11.6 Å². The van der Waals surface area contributed by atoms with E-state index in [0.29, 0.717) is 19.6 Å². The average Bonchev–Trinajstić information content (AvgIpc) is 2.90. The quantitative estimate of drug-likeness (QED) is 0.773. The molecule has 1 aliphatic heterocycles. The Morgan fingerprint density at radius 3 is 2.80 bits per heavy atom. The Labute approximate surface area is 148 Å². The fraction of sp³-hybridized carbons (Fsp3) is 0.500. The number of carbonyl (C=O) groups is 2. The van der Waals surface area contributed by atoms with Gasteiger partial charge in [0, 0.05) is 33.2 Å². The van der Waals surface area contributed by atoms with Gasteiger partial charge in [-0.3, -0.25) is 9.59 Å². The molecule has 2 rings (SSSR count). The second-order valence-corrected chi connectivity index (χ2v) is 6.18. The first-order valence-electron chi connectivity index (χ1n) is 7.66. The summed E-state index contributed by atoms with van der Waals surface area (Å²) in [6.07, 6.45) is -3.86. The highest BCUT2D eigenvalue weighted by molar-refractivity contribution is 6.33. The minimum Gasteiger partial charge on any atom is -0.385 e. The van der Waals surface area contributed by atoms with Gasteiger partial charge in [-0.2, -0.15) is 13.2 Å². The number of alkyl halides is 3. The van der Waals surface area contributed by atoms with E-state index in [2.05, 4.69) is 5.32 Å². The zero-order valence-electron chi connectivity index (χ0n) is 13.5. The number of hydrogen-bond donors (Lipinski definition) is 1. The number of carbonyl (C=O) groups excluding carboxylic acids is 2. The molecule has 2 amide bonds. The van der Waals surface area contributed by atoms with E-state index in [-0.39, 0.29) is 29.6 Å². The van der Waals surface area contributed by atoms with Crippen molar-refractivity contribution in [3.63, 3.8) is 0 Å². The van der Waals surface area contributed by atoms with Crippen molar-refractivity contribution < 1.29 is 27.5 Å². The lowest BCUT2D eigenvalue weighted by Gasteiger charge is -2.17. The number of halogens is 4. The summed E-state index contributed by atoms with van der Waals surface area (Å²) < 4.78 is 43.2. The fourth-order valence-electron chi connectivity index (χ4n) is 2.60. The van der Waals surface area contributed by atoms with Gasteiger partial charge in [0.15, 0.2) is 0 Å². The lowest BCUT2D eigenvalue weighted by atomic mass is 10.1. The van der Waals surface area contributed by atoms with Crippen molar-refractivity contribution in [1.82, 2.24) is 4.90 Å². The van der Waals surface area contributed by atoms with Crippen molar-refractivity contribution in [2.75, 3.05) is 32.1 Å². The standard InChI is InChI=1S/C16H18ClF3N2O3/c1-25-6-2-5-22-9-10(7-14(22)23)15(24)21-13-8-11(16(18,19)20)3-4-12(13)17/h3-4,8,10H,2,5-7,9H2,1H3,(H,21,24). The number of benzene rings is 1. The molecule has 1 aliphatic rings.